The molecule has 0 aromatic heterocycles. The van der Waals surface area contributed by atoms with Gasteiger partial charge in [0.2, 0.25) is 0 Å². The van der Waals surface area contributed by atoms with E-state index >= 15 is 0 Å². The molecular formula is C18H29N3O. The van der Waals surface area contributed by atoms with Crippen LogP contribution >= 0.6 is 0 Å². The lowest BCUT2D eigenvalue weighted by molar-refractivity contribution is 0.409. The fourth-order valence-corrected chi connectivity index (χ4v) is 2.64. The minimum Gasteiger partial charge on any atom is -0.496 e. The highest BCUT2D eigenvalue weighted by molar-refractivity contribution is 5.79. The summed E-state index contributed by atoms with van der Waals surface area (Å²) in [5.74, 6) is 2.85. The molecule has 1 aromatic rings. The van der Waals surface area contributed by atoms with Crippen LogP contribution in [0.3, 0.4) is 0 Å². The molecule has 22 heavy (non-hydrogen) atoms. The van der Waals surface area contributed by atoms with E-state index in [1.807, 2.05) is 13.1 Å². The molecule has 1 aromatic carbocycles. The third-order valence-electron chi connectivity index (χ3n) is 4.12. The van der Waals surface area contributed by atoms with Gasteiger partial charge in [0, 0.05) is 20.1 Å². The zero-order valence-corrected chi connectivity index (χ0v) is 14.1. The number of nitrogens with zero attached hydrogens (tertiary/aromatic N) is 1. The van der Waals surface area contributed by atoms with Crippen molar-refractivity contribution in [1.82, 2.24) is 10.6 Å². The van der Waals surface area contributed by atoms with Crippen molar-refractivity contribution in [1.29, 1.82) is 0 Å². The lowest BCUT2D eigenvalue weighted by atomic mass is 10.1. The van der Waals surface area contributed by atoms with E-state index in [2.05, 4.69) is 34.7 Å². The van der Waals surface area contributed by atoms with Gasteiger partial charge in [-0.15, -0.1) is 0 Å². The average Bonchev–Trinajstić information content (AvgIpc) is 3.34. The Hall–Kier alpha value is -1.71. The number of aliphatic imine (C=N–C) groups is 1. The Bertz CT molecular complexity index is 495. The molecule has 0 bridgehead atoms. The molecular weight excluding hydrogens is 274 g/mol. The second kappa shape index (κ2) is 8.66. The molecule has 2 rings (SSSR count). The lowest BCUT2D eigenvalue weighted by Crippen LogP contribution is -2.38. The number of guanidine groups is 1. The van der Waals surface area contributed by atoms with Gasteiger partial charge in [-0.3, -0.25) is 4.99 Å². The van der Waals surface area contributed by atoms with Crippen molar-refractivity contribution in [3.05, 3.63) is 29.3 Å². The van der Waals surface area contributed by atoms with Crippen molar-refractivity contribution in [2.45, 2.75) is 39.0 Å². The molecule has 1 aliphatic carbocycles. The van der Waals surface area contributed by atoms with E-state index in [4.69, 9.17) is 4.74 Å². The fourth-order valence-electron chi connectivity index (χ4n) is 2.64. The van der Waals surface area contributed by atoms with Crippen molar-refractivity contribution in [2.75, 3.05) is 27.2 Å². The quantitative estimate of drug-likeness (QED) is 0.441. The number of benzene rings is 1. The third kappa shape index (κ3) is 5.58. The lowest BCUT2D eigenvalue weighted by Gasteiger charge is -2.13. The molecule has 0 radical (unpaired) electrons. The van der Waals surface area contributed by atoms with Crippen molar-refractivity contribution < 1.29 is 4.74 Å². The van der Waals surface area contributed by atoms with Crippen LogP contribution in [0.1, 0.15) is 36.8 Å². The number of hydrogen-bond acceptors (Lipinski definition) is 2. The highest BCUT2D eigenvalue weighted by atomic mass is 16.5. The highest BCUT2D eigenvalue weighted by Gasteiger charge is 2.19. The summed E-state index contributed by atoms with van der Waals surface area (Å²) in [7, 11) is 3.55. The minimum absolute atomic E-state index is 0.849. The van der Waals surface area contributed by atoms with Gasteiger partial charge in [-0.2, -0.15) is 0 Å². The van der Waals surface area contributed by atoms with Gasteiger partial charge in [0.15, 0.2) is 5.96 Å². The first-order valence-electron chi connectivity index (χ1n) is 8.31. The zero-order valence-electron chi connectivity index (χ0n) is 14.1. The molecule has 0 aliphatic heterocycles. The maximum absolute atomic E-state index is 5.42. The molecule has 2 N–H and O–H groups in total. The van der Waals surface area contributed by atoms with Gasteiger partial charge in [0.1, 0.15) is 5.75 Å². The highest BCUT2D eigenvalue weighted by Crippen LogP contribution is 2.33. The third-order valence-corrected chi connectivity index (χ3v) is 4.12. The van der Waals surface area contributed by atoms with Gasteiger partial charge in [0.05, 0.1) is 7.11 Å². The summed E-state index contributed by atoms with van der Waals surface area (Å²) in [6.07, 6.45) is 6.38. The largest absolute Gasteiger partial charge is 0.496 e. The Kier molecular flexibility index (Phi) is 6.56. The predicted octanol–water partition coefficient (Wildman–Crippen LogP) is 2.90. The summed E-state index contributed by atoms with van der Waals surface area (Å²) in [6, 6.07) is 6.30. The molecule has 0 spiro atoms. The number of nitrogens with one attached hydrogen (secondary N) is 2. The van der Waals surface area contributed by atoms with Gasteiger partial charge in [-0.25, -0.2) is 0 Å². The van der Waals surface area contributed by atoms with Crippen LogP contribution in [-0.4, -0.2) is 33.2 Å². The Morgan fingerprint density at radius 3 is 2.73 bits per heavy atom. The molecule has 4 nitrogen and oxygen atoms in total. The second-order valence-electron chi connectivity index (χ2n) is 6.08. The van der Waals surface area contributed by atoms with Crippen LogP contribution in [0.25, 0.3) is 0 Å². The zero-order chi connectivity index (χ0) is 15.8. The number of rotatable bonds is 8. The van der Waals surface area contributed by atoms with Crippen molar-refractivity contribution in [3.63, 3.8) is 0 Å². The van der Waals surface area contributed by atoms with E-state index in [0.717, 1.165) is 37.1 Å². The Morgan fingerprint density at radius 1 is 1.27 bits per heavy atom. The Labute approximate surface area is 134 Å². The molecule has 1 saturated carbocycles. The van der Waals surface area contributed by atoms with Crippen molar-refractivity contribution in [3.8, 4) is 5.75 Å². The van der Waals surface area contributed by atoms with Gasteiger partial charge in [0.25, 0.3) is 0 Å². The molecule has 0 atom stereocenters. The summed E-state index contributed by atoms with van der Waals surface area (Å²) >= 11 is 0. The maximum Gasteiger partial charge on any atom is 0.190 e. The first-order valence-corrected chi connectivity index (χ1v) is 8.31. The van der Waals surface area contributed by atoms with Crippen LogP contribution in [0.2, 0.25) is 0 Å². The van der Waals surface area contributed by atoms with E-state index in [1.54, 1.807) is 7.11 Å². The standard InChI is InChI=1S/C18H29N3O/c1-14-6-9-17(22-3)16(13-14)10-12-21-18(19-2)20-11-4-5-15-7-8-15/h6,9,13,15H,4-5,7-8,10-12H2,1-3H3,(H2,19,20,21). The van der Waals surface area contributed by atoms with Crippen molar-refractivity contribution in [2.24, 2.45) is 10.9 Å². The van der Waals surface area contributed by atoms with Crippen LogP contribution in [-0.2, 0) is 6.42 Å². The summed E-state index contributed by atoms with van der Waals surface area (Å²) in [5, 5.41) is 6.76. The van der Waals surface area contributed by atoms with E-state index in [1.165, 1.54) is 36.8 Å². The van der Waals surface area contributed by atoms with Crippen LogP contribution in [0.5, 0.6) is 5.75 Å². The fraction of sp³-hybridized carbons (Fsp3) is 0.611. The van der Waals surface area contributed by atoms with Gasteiger partial charge >= 0.3 is 0 Å². The number of hydrogen-bond donors (Lipinski definition) is 2. The van der Waals surface area contributed by atoms with E-state index < -0.39 is 0 Å². The van der Waals surface area contributed by atoms with E-state index in [9.17, 15) is 0 Å². The SMILES string of the molecule is CN=C(NCCCC1CC1)NCCc1cc(C)ccc1OC. The number of aryl methyl sites for hydroxylation is 1. The summed E-state index contributed by atoms with van der Waals surface area (Å²) < 4.78 is 5.42. The monoisotopic (exact) mass is 303 g/mol. The van der Waals surface area contributed by atoms with Gasteiger partial charge in [-0.1, -0.05) is 30.5 Å². The Balaban J connectivity index is 1.70. The summed E-state index contributed by atoms with van der Waals surface area (Å²) in [5.41, 5.74) is 2.50. The van der Waals surface area contributed by atoms with Crippen molar-refractivity contribution >= 4 is 5.96 Å². The molecule has 4 heteroatoms. The van der Waals surface area contributed by atoms with Crippen LogP contribution < -0.4 is 15.4 Å². The van der Waals surface area contributed by atoms with E-state index in [0.29, 0.717) is 0 Å². The maximum atomic E-state index is 5.42. The van der Waals surface area contributed by atoms with Gasteiger partial charge < -0.3 is 15.4 Å². The molecule has 0 unspecified atom stereocenters. The van der Waals surface area contributed by atoms with Crippen LogP contribution in [0.4, 0.5) is 0 Å². The van der Waals surface area contributed by atoms with E-state index in [-0.39, 0.29) is 0 Å². The van der Waals surface area contributed by atoms with Crippen LogP contribution in [0.15, 0.2) is 23.2 Å². The second-order valence-corrected chi connectivity index (χ2v) is 6.08. The summed E-state index contributed by atoms with van der Waals surface area (Å²) in [4.78, 5) is 4.27. The van der Waals surface area contributed by atoms with Crippen LogP contribution in [0, 0.1) is 12.8 Å². The topological polar surface area (TPSA) is 45.7 Å². The minimum atomic E-state index is 0.849. The summed E-state index contributed by atoms with van der Waals surface area (Å²) in [6.45, 7) is 3.96. The average molecular weight is 303 g/mol. The first-order chi connectivity index (χ1) is 10.7. The predicted molar refractivity (Wildman–Crippen MR) is 92.8 cm³/mol. The molecule has 1 aliphatic rings. The number of methoxy groups -OCH3 is 1. The van der Waals surface area contributed by atoms with Gasteiger partial charge in [-0.05, 0) is 43.7 Å². The molecule has 1 fully saturated rings. The molecule has 0 heterocycles. The molecule has 122 valence electrons. The molecule has 0 amide bonds. The Morgan fingerprint density at radius 2 is 2.05 bits per heavy atom. The molecule has 0 saturated heterocycles. The number of ether oxygens (including phenoxy) is 1. The normalized spacial score (nSPS) is 14.8. The first kappa shape index (κ1) is 16.7. The smallest absolute Gasteiger partial charge is 0.190 e.